The highest BCUT2D eigenvalue weighted by Crippen LogP contribution is 2.32. The van der Waals surface area contributed by atoms with Crippen LogP contribution in [0.1, 0.15) is 26.2 Å². The second kappa shape index (κ2) is 5.99. The van der Waals surface area contributed by atoms with Crippen molar-refractivity contribution in [3.05, 3.63) is 0 Å². The van der Waals surface area contributed by atoms with Crippen LogP contribution in [0.25, 0.3) is 0 Å². The van der Waals surface area contributed by atoms with E-state index in [-0.39, 0.29) is 0 Å². The van der Waals surface area contributed by atoms with Crippen molar-refractivity contribution in [1.82, 2.24) is 10.2 Å². The Hall–Kier alpha value is -0.120. The summed E-state index contributed by atoms with van der Waals surface area (Å²) in [5.41, 5.74) is 0. The quantitative estimate of drug-likeness (QED) is 0.709. The summed E-state index contributed by atoms with van der Waals surface area (Å²) in [5, 5.41) is 3.65. The first-order valence-electron chi connectivity index (χ1n) is 6.74. The third-order valence-electron chi connectivity index (χ3n) is 4.00. The van der Waals surface area contributed by atoms with Gasteiger partial charge < -0.3 is 15.0 Å². The second-order valence-electron chi connectivity index (χ2n) is 5.49. The van der Waals surface area contributed by atoms with Crippen molar-refractivity contribution in [1.29, 1.82) is 0 Å². The van der Waals surface area contributed by atoms with Crippen molar-refractivity contribution in [2.75, 3.05) is 39.9 Å². The minimum absolute atomic E-state index is 0.734. The molecule has 0 aromatic carbocycles. The van der Waals surface area contributed by atoms with Crippen LogP contribution < -0.4 is 5.32 Å². The van der Waals surface area contributed by atoms with Gasteiger partial charge in [0.15, 0.2) is 0 Å². The molecule has 0 bridgehead atoms. The van der Waals surface area contributed by atoms with E-state index < -0.39 is 0 Å². The van der Waals surface area contributed by atoms with Gasteiger partial charge in [-0.3, -0.25) is 0 Å². The van der Waals surface area contributed by atoms with E-state index in [1.165, 1.54) is 38.9 Å². The topological polar surface area (TPSA) is 24.5 Å². The van der Waals surface area contributed by atoms with Crippen LogP contribution >= 0.6 is 0 Å². The molecule has 3 heteroatoms. The van der Waals surface area contributed by atoms with E-state index in [1.54, 1.807) is 0 Å². The molecule has 0 spiro atoms. The highest BCUT2D eigenvalue weighted by Gasteiger charge is 2.27. The fraction of sp³-hybridized carbons (Fsp3) is 1.00. The van der Waals surface area contributed by atoms with Crippen molar-refractivity contribution < 1.29 is 4.74 Å². The number of hydrogen-bond donors (Lipinski definition) is 1. The number of methoxy groups -OCH3 is 1. The molecule has 2 unspecified atom stereocenters. The Balaban J connectivity index is 1.53. The van der Waals surface area contributed by atoms with Gasteiger partial charge in [-0.25, -0.2) is 0 Å². The van der Waals surface area contributed by atoms with Crippen molar-refractivity contribution in [2.24, 2.45) is 11.8 Å². The fourth-order valence-electron chi connectivity index (χ4n) is 2.70. The molecule has 2 aliphatic rings. The maximum absolute atomic E-state index is 5.21. The van der Waals surface area contributed by atoms with Crippen LogP contribution in [0.2, 0.25) is 0 Å². The molecular weight excluding hydrogens is 200 g/mol. The molecule has 1 heterocycles. The van der Waals surface area contributed by atoms with Gasteiger partial charge in [-0.2, -0.15) is 0 Å². The van der Waals surface area contributed by atoms with Crippen molar-refractivity contribution in [3.63, 3.8) is 0 Å². The zero-order valence-electron chi connectivity index (χ0n) is 10.7. The second-order valence-corrected chi connectivity index (χ2v) is 5.49. The lowest BCUT2D eigenvalue weighted by Crippen LogP contribution is -2.36. The molecular formula is C13H26N2O. The van der Waals surface area contributed by atoms with Gasteiger partial charge in [0.05, 0.1) is 6.61 Å². The predicted octanol–water partition coefficient (Wildman–Crippen LogP) is 1.34. The maximum Gasteiger partial charge on any atom is 0.0503 e. The lowest BCUT2D eigenvalue weighted by molar-refractivity contribution is 0.153. The molecule has 2 rings (SSSR count). The smallest absolute Gasteiger partial charge is 0.0503 e. The van der Waals surface area contributed by atoms with Gasteiger partial charge >= 0.3 is 0 Å². The molecule has 94 valence electrons. The highest BCUT2D eigenvalue weighted by molar-refractivity contribution is 4.83. The van der Waals surface area contributed by atoms with Gasteiger partial charge in [0.2, 0.25) is 0 Å². The third kappa shape index (κ3) is 3.72. The van der Waals surface area contributed by atoms with Gasteiger partial charge in [0.1, 0.15) is 0 Å². The molecule has 0 aromatic heterocycles. The molecule has 1 aliphatic carbocycles. The largest absolute Gasteiger partial charge is 0.384 e. The van der Waals surface area contributed by atoms with Crippen LogP contribution in [0, 0.1) is 11.8 Å². The van der Waals surface area contributed by atoms with Crippen LogP contribution in [0.15, 0.2) is 0 Å². The van der Waals surface area contributed by atoms with E-state index in [0.29, 0.717) is 0 Å². The lowest BCUT2D eigenvalue weighted by atomic mass is 10.1. The highest BCUT2D eigenvalue weighted by atomic mass is 16.5. The molecule has 2 atom stereocenters. The fourth-order valence-corrected chi connectivity index (χ4v) is 2.70. The lowest BCUT2D eigenvalue weighted by Gasteiger charge is -2.18. The van der Waals surface area contributed by atoms with Crippen LogP contribution in [0.3, 0.4) is 0 Å². The Kier molecular flexibility index (Phi) is 4.62. The first kappa shape index (κ1) is 12.3. The Morgan fingerprint density at radius 2 is 2.19 bits per heavy atom. The number of nitrogens with one attached hydrogen (secondary N) is 1. The maximum atomic E-state index is 5.21. The van der Waals surface area contributed by atoms with Gasteiger partial charge in [0.25, 0.3) is 0 Å². The van der Waals surface area contributed by atoms with Gasteiger partial charge in [-0.1, -0.05) is 0 Å². The van der Waals surface area contributed by atoms with Crippen LogP contribution in [0.5, 0.6) is 0 Å². The molecule has 3 nitrogen and oxygen atoms in total. The first-order valence-corrected chi connectivity index (χ1v) is 6.74. The van der Waals surface area contributed by atoms with Crippen molar-refractivity contribution in [3.8, 4) is 0 Å². The summed E-state index contributed by atoms with van der Waals surface area (Å²) in [7, 11) is 1.81. The van der Waals surface area contributed by atoms with Gasteiger partial charge in [0, 0.05) is 32.8 Å². The number of likely N-dealkylation sites (tertiary alicyclic amines) is 1. The molecule has 1 aliphatic heterocycles. The summed E-state index contributed by atoms with van der Waals surface area (Å²) < 4.78 is 5.21. The Bertz CT molecular complexity index is 206. The molecule has 1 saturated carbocycles. The average molecular weight is 226 g/mol. The number of rotatable bonds is 7. The summed E-state index contributed by atoms with van der Waals surface area (Å²) in [6.45, 7) is 8.10. The first-order chi connectivity index (χ1) is 7.79. The zero-order chi connectivity index (χ0) is 11.4. The van der Waals surface area contributed by atoms with E-state index >= 15 is 0 Å². The molecule has 2 fully saturated rings. The monoisotopic (exact) mass is 226 g/mol. The van der Waals surface area contributed by atoms with E-state index in [0.717, 1.165) is 31.0 Å². The minimum Gasteiger partial charge on any atom is -0.384 e. The summed E-state index contributed by atoms with van der Waals surface area (Å²) >= 11 is 0. The molecule has 0 aromatic rings. The van der Waals surface area contributed by atoms with Gasteiger partial charge in [-0.05, 0) is 44.6 Å². The van der Waals surface area contributed by atoms with Crippen LogP contribution in [0.4, 0.5) is 0 Å². The summed E-state index contributed by atoms with van der Waals surface area (Å²) in [5.74, 6) is 1.74. The summed E-state index contributed by atoms with van der Waals surface area (Å²) in [6.07, 6.45) is 4.19. The average Bonchev–Trinajstić information content (AvgIpc) is 3.02. The normalized spacial score (nSPS) is 28.5. The predicted molar refractivity (Wildman–Crippen MR) is 66.6 cm³/mol. The molecule has 0 radical (unpaired) electrons. The zero-order valence-corrected chi connectivity index (χ0v) is 10.7. The van der Waals surface area contributed by atoms with E-state index in [9.17, 15) is 0 Å². The Morgan fingerprint density at radius 1 is 1.38 bits per heavy atom. The molecule has 1 N–H and O–H groups in total. The summed E-state index contributed by atoms with van der Waals surface area (Å²) in [6, 6.07) is 0.734. The number of nitrogens with zero attached hydrogens (tertiary/aromatic N) is 1. The molecule has 0 amide bonds. The van der Waals surface area contributed by atoms with E-state index in [2.05, 4.69) is 17.1 Å². The van der Waals surface area contributed by atoms with Crippen molar-refractivity contribution in [2.45, 2.75) is 32.2 Å². The SMILES string of the molecule is COCC1CCN(CCNC(C)C2CC2)C1. The van der Waals surface area contributed by atoms with E-state index in [4.69, 9.17) is 4.74 Å². The molecule has 16 heavy (non-hydrogen) atoms. The Morgan fingerprint density at radius 3 is 2.88 bits per heavy atom. The minimum atomic E-state index is 0.734. The van der Waals surface area contributed by atoms with Crippen molar-refractivity contribution >= 4 is 0 Å². The number of hydrogen-bond acceptors (Lipinski definition) is 3. The third-order valence-corrected chi connectivity index (χ3v) is 4.00. The number of ether oxygens (including phenoxy) is 1. The van der Waals surface area contributed by atoms with Crippen LogP contribution in [-0.2, 0) is 4.74 Å². The van der Waals surface area contributed by atoms with Gasteiger partial charge in [-0.15, -0.1) is 0 Å². The summed E-state index contributed by atoms with van der Waals surface area (Å²) in [4.78, 5) is 2.57. The van der Waals surface area contributed by atoms with Crippen LogP contribution in [-0.4, -0.2) is 50.8 Å². The molecule has 1 saturated heterocycles. The standard InChI is InChI=1S/C13H26N2O/c1-11(13-3-4-13)14-6-8-15-7-5-12(9-15)10-16-2/h11-14H,3-10H2,1-2H3. The Labute approximate surface area is 99.5 Å². The van der Waals surface area contributed by atoms with E-state index in [1.807, 2.05) is 7.11 Å².